The van der Waals surface area contributed by atoms with Crippen molar-refractivity contribution in [3.63, 3.8) is 0 Å². The molecular formula is C15H14F2N2O. The van der Waals surface area contributed by atoms with Gasteiger partial charge in [0.05, 0.1) is 5.69 Å². The van der Waals surface area contributed by atoms with Gasteiger partial charge in [-0.2, -0.15) is 0 Å². The quantitative estimate of drug-likeness (QED) is 0.905. The molecule has 5 heteroatoms. The summed E-state index contributed by atoms with van der Waals surface area (Å²) in [7, 11) is 0. The van der Waals surface area contributed by atoms with Crippen molar-refractivity contribution < 1.29 is 13.6 Å². The van der Waals surface area contributed by atoms with E-state index in [9.17, 15) is 13.6 Å². The van der Waals surface area contributed by atoms with Crippen LogP contribution in [0.4, 0.5) is 14.5 Å². The smallest absolute Gasteiger partial charge is 0.255 e. The molecule has 3 N–H and O–H groups in total. The van der Waals surface area contributed by atoms with E-state index in [1.54, 1.807) is 13.0 Å². The number of carbonyl (C=O) groups is 1. The number of carbonyl (C=O) groups excluding carboxylic acids is 1. The maximum atomic E-state index is 13.7. The van der Waals surface area contributed by atoms with Gasteiger partial charge in [-0.1, -0.05) is 6.07 Å². The van der Waals surface area contributed by atoms with Crippen LogP contribution in [0, 0.1) is 18.6 Å². The molecule has 0 aliphatic carbocycles. The Morgan fingerprint density at radius 2 is 1.95 bits per heavy atom. The highest BCUT2D eigenvalue weighted by atomic mass is 19.1. The number of amides is 1. The van der Waals surface area contributed by atoms with Crippen molar-refractivity contribution in [3.05, 3.63) is 64.7 Å². The summed E-state index contributed by atoms with van der Waals surface area (Å²) in [6, 6.07) is 8.26. The number of hydrogen-bond donors (Lipinski definition) is 2. The number of hydrogen-bond acceptors (Lipinski definition) is 2. The van der Waals surface area contributed by atoms with Gasteiger partial charge in [-0.05, 0) is 48.4 Å². The zero-order chi connectivity index (χ0) is 14.7. The van der Waals surface area contributed by atoms with Crippen LogP contribution in [0.25, 0.3) is 0 Å². The van der Waals surface area contributed by atoms with Crippen LogP contribution in [0.2, 0.25) is 0 Å². The number of halogens is 2. The second-order valence-corrected chi connectivity index (χ2v) is 4.49. The minimum Gasteiger partial charge on any atom is -0.326 e. The first-order valence-corrected chi connectivity index (χ1v) is 6.06. The third-order valence-corrected chi connectivity index (χ3v) is 2.82. The summed E-state index contributed by atoms with van der Waals surface area (Å²) in [5, 5.41) is 2.41. The number of rotatable bonds is 3. The zero-order valence-electron chi connectivity index (χ0n) is 10.9. The molecular weight excluding hydrogens is 262 g/mol. The van der Waals surface area contributed by atoms with Crippen molar-refractivity contribution in [2.45, 2.75) is 13.5 Å². The van der Waals surface area contributed by atoms with Crippen LogP contribution < -0.4 is 11.1 Å². The lowest BCUT2D eigenvalue weighted by Crippen LogP contribution is -2.13. The van der Waals surface area contributed by atoms with Crippen LogP contribution >= 0.6 is 0 Å². The topological polar surface area (TPSA) is 55.1 Å². The first-order chi connectivity index (χ1) is 9.49. The van der Waals surface area contributed by atoms with Gasteiger partial charge in [0.1, 0.15) is 11.6 Å². The molecule has 2 aromatic rings. The van der Waals surface area contributed by atoms with E-state index in [1.807, 2.05) is 0 Å². The molecule has 20 heavy (non-hydrogen) atoms. The summed E-state index contributed by atoms with van der Waals surface area (Å²) in [6.07, 6.45) is 0. The molecule has 0 aromatic heterocycles. The maximum absolute atomic E-state index is 13.7. The largest absolute Gasteiger partial charge is 0.326 e. The SMILES string of the molecule is Cc1cc(F)cc(C(=O)Nc2ccc(CN)cc2F)c1. The highest BCUT2D eigenvalue weighted by Crippen LogP contribution is 2.17. The van der Waals surface area contributed by atoms with Gasteiger partial charge in [-0.3, -0.25) is 4.79 Å². The Labute approximate surface area is 115 Å². The van der Waals surface area contributed by atoms with E-state index >= 15 is 0 Å². The monoisotopic (exact) mass is 276 g/mol. The van der Waals surface area contributed by atoms with Crippen LogP contribution in [0.5, 0.6) is 0 Å². The molecule has 0 spiro atoms. The first-order valence-electron chi connectivity index (χ1n) is 6.06. The molecule has 104 valence electrons. The highest BCUT2D eigenvalue weighted by molar-refractivity contribution is 6.04. The van der Waals surface area contributed by atoms with E-state index in [1.165, 1.54) is 24.3 Å². The molecule has 0 heterocycles. The lowest BCUT2D eigenvalue weighted by atomic mass is 10.1. The Hall–Kier alpha value is -2.27. The number of nitrogens with two attached hydrogens (primary N) is 1. The Kier molecular flexibility index (Phi) is 4.10. The molecule has 0 radical (unpaired) electrons. The molecule has 0 unspecified atom stereocenters. The summed E-state index contributed by atoms with van der Waals surface area (Å²) in [5.74, 6) is -1.64. The fourth-order valence-electron chi connectivity index (χ4n) is 1.85. The van der Waals surface area contributed by atoms with Gasteiger partial charge in [-0.15, -0.1) is 0 Å². The lowest BCUT2D eigenvalue weighted by molar-refractivity contribution is 0.102. The Morgan fingerprint density at radius 3 is 2.55 bits per heavy atom. The molecule has 2 rings (SSSR count). The average Bonchev–Trinajstić information content (AvgIpc) is 2.39. The normalized spacial score (nSPS) is 10.4. The summed E-state index contributed by atoms with van der Waals surface area (Å²) in [6.45, 7) is 1.89. The second-order valence-electron chi connectivity index (χ2n) is 4.49. The lowest BCUT2D eigenvalue weighted by Gasteiger charge is -2.08. The van der Waals surface area contributed by atoms with Crippen LogP contribution in [0.3, 0.4) is 0 Å². The molecule has 3 nitrogen and oxygen atoms in total. The van der Waals surface area contributed by atoms with Gasteiger partial charge < -0.3 is 11.1 Å². The van der Waals surface area contributed by atoms with Gasteiger partial charge in [0, 0.05) is 12.1 Å². The third-order valence-electron chi connectivity index (χ3n) is 2.82. The van der Waals surface area contributed by atoms with Crippen molar-refractivity contribution in [3.8, 4) is 0 Å². The molecule has 0 saturated carbocycles. The van der Waals surface area contributed by atoms with Gasteiger partial charge in [-0.25, -0.2) is 8.78 Å². The molecule has 0 saturated heterocycles. The molecule has 0 aliphatic rings. The van der Waals surface area contributed by atoms with E-state index < -0.39 is 17.5 Å². The van der Waals surface area contributed by atoms with Crippen molar-refractivity contribution >= 4 is 11.6 Å². The zero-order valence-corrected chi connectivity index (χ0v) is 10.9. The van der Waals surface area contributed by atoms with E-state index in [0.29, 0.717) is 11.1 Å². The van der Waals surface area contributed by atoms with E-state index in [-0.39, 0.29) is 17.8 Å². The highest BCUT2D eigenvalue weighted by Gasteiger charge is 2.11. The van der Waals surface area contributed by atoms with Gasteiger partial charge in [0.25, 0.3) is 5.91 Å². The number of anilines is 1. The minimum atomic E-state index is -0.575. The Morgan fingerprint density at radius 1 is 1.20 bits per heavy atom. The van der Waals surface area contributed by atoms with Crippen LogP contribution in [-0.2, 0) is 6.54 Å². The van der Waals surface area contributed by atoms with Crippen LogP contribution in [0.15, 0.2) is 36.4 Å². The van der Waals surface area contributed by atoms with Crippen molar-refractivity contribution in [2.24, 2.45) is 5.73 Å². The van der Waals surface area contributed by atoms with E-state index in [2.05, 4.69) is 5.32 Å². The minimum absolute atomic E-state index is 0.0362. The molecule has 0 aliphatic heterocycles. The number of nitrogens with one attached hydrogen (secondary N) is 1. The molecule has 2 aromatic carbocycles. The summed E-state index contributed by atoms with van der Waals surface area (Å²) in [4.78, 5) is 12.0. The predicted molar refractivity (Wildman–Crippen MR) is 73.4 cm³/mol. The van der Waals surface area contributed by atoms with Gasteiger partial charge >= 0.3 is 0 Å². The Bertz CT molecular complexity index is 636. The standard InChI is InChI=1S/C15H14F2N2O/c1-9-4-11(7-12(16)5-9)15(20)19-14-3-2-10(8-18)6-13(14)17/h2-7H,8,18H2,1H3,(H,19,20). The third kappa shape index (κ3) is 3.19. The van der Waals surface area contributed by atoms with E-state index in [4.69, 9.17) is 5.73 Å². The molecule has 0 bridgehead atoms. The molecule has 0 fully saturated rings. The summed E-state index contributed by atoms with van der Waals surface area (Å²) in [5.41, 5.74) is 6.82. The molecule has 0 atom stereocenters. The van der Waals surface area contributed by atoms with Crippen LogP contribution in [-0.4, -0.2) is 5.91 Å². The van der Waals surface area contributed by atoms with E-state index in [0.717, 1.165) is 6.07 Å². The van der Waals surface area contributed by atoms with Gasteiger partial charge in [0.15, 0.2) is 0 Å². The van der Waals surface area contributed by atoms with Crippen LogP contribution in [0.1, 0.15) is 21.5 Å². The second kappa shape index (κ2) is 5.79. The summed E-state index contributed by atoms with van der Waals surface area (Å²) < 4.78 is 27.0. The number of aryl methyl sites for hydroxylation is 1. The maximum Gasteiger partial charge on any atom is 0.255 e. The fourth-order valence-corrected chi connectivity index (χ4v) is 1.85. The van der Waals surface area contributed by atoms with Crippen molar-refractivity contribution in [2.75, 3.05) is 5.32 Å². The average molecular weight is 276 g/mol. The van der Waals surface area contributed by atoms with Crippen molar-refractivity contribution in [1.82, 2.24) is 0 Å². The predicted octanol–water partition coefficient (Wildman–Crippen LogP) is 2.98. The first kappa shape index (κ1) is 14.1. The van der Waals surface area contributed by atoms with Gasteiger partial charge in [0.2, 0.25) is 0 Å². The van der Waals surface area contributed by atoms with Crippen molar-refractivity contribution in [1.29, 1.82) is 0 Å². The number of benzene rings is 2. The Balaban J connectivity index is 2.23. The summed E-state index contributed by atoms with van der Waals surface area (Å²) >= 11 is 0. The molecule has 1 amide bonds. The fraction of sp³-hybridized carbons (Fsp3) is 0.133.